The summed E-state index contributed by atoms with van der Waals surface area (Å²) < 4.78 is 5.19. The van der Waals surface area contributed by atoms with Crippen LogP contribution in [-0.4, -0.2) is 55.2 Å². The monoisotopic (exact) mass is 317 g/mol. The van der Waals surface area contributed by atoms with Gasteiger partial charge in [0.1, 0.15) is 5.75 Å². The quantitative estimate of drug-likeness (QED) is 0.931. The van der Waals surface area contributed by atoms with Gasteiger partial charge in [-0.2, -0.15) is 0 Å². The molecule has 0 bridgehead atoms. The van der Waals surface area contributed by atoms with Gasteiger partial charge in [-0.3, -0.25) is 4.90 Å². The van der Waals surface area contributed by atoms with Crippen LogP contribution in [0.2, 0.25) is 0 Å². The van der Waals surface area contributed by atoms with Crippen LogP contribution in [0.3, 0.4) is 0 Å². The molecule has 1 aliphatic carbocycles. The first kappa shape index (κ1) is 16.1. The molecule has 1 saturated heterocycles. The van der Waals surface area contributed by atoms with Crippen LogP contribution in [0.1, 0.15) is 32.1 Å². The zero-order chi connectivity index (χ0) is 16.1. The van der Waals surface area contributed by atoms with Crippen LogP contribution in [0.15, 0.2) is 24.3 Å². The van der Waals surface area contributed by atoms with E-state index in [1.54, 1.807) is 7.11 Å². The number of ether oxygens (including phenoxy) is 1. The Kier molecular flexibility index (Phi) is 5.39. The van der Waals surface area contributed by atoms with Crippen molar-refractivity contribution < 1.29 is 9.53 Å². The molecular formula is C18H27N3O2. The molecule has 1 heterocycles. The van der Waals surface area contributed by atoms with Crippen molar-refractivity contribution in [1.29, 1.82) is 0 Å². The topological polar surface area (TPSA) is 44.8 Å². The highest BCUT2D eigenvalue weighted by atomic mass is 16.5. The molecule has 0 atom stereocenters. The third-order valence-electron chi connectivity index (χ3n) is 5.01. The average Bonchev–Trinajstić information content (AvgIpc) is 2.63. The fourth-order valence-corrected chi connectivity index (χ4v) is 3.64. The zero-order valence-corrected chi connectivity index (χ0v) is 14.0. The number of hydrogen-bond donors (Lipinski definition) is 1. The summed E-state index contributed by atoms with van der Waals surface area (Å²) >= 11 is 0. The Morgan fingerprint density at radius 1 is 1.13 bits per heavy atom. The van der Waals surface area contributed by atoms with Crippen LogP contribution in [0, 0.1) is 0 Å². The highest BCUT2D eigenvalue weighted by Gasteiger charge is 2.26. The highest BCUT2D eigenvalue weighted by molar-refractivity contribution is 5.89. The van der Waals surface area contributed by atoms with E-state index in [4.69, 9.17) is 4.74 Å². The van der Waals surface area contributed by atoms with Crippen LogP contribution in [0.25, 0.3) is 0 Å². The van der Waals surface area contributed by atoms with Crippen LogP contribution in [0.4, 0.5) is 10.5 Å². The maximum atomic E-state index is 12.4. The fourth-order valence-electron chi connectivity index (χ4n) is 3.64. The molecule has 0 aromatic heterocycles. The Hall–Kier alpha value is -1.75. The van der Waals surface area contributed by atoms with Crippen LogP contribution < -0.4 is 10.1 Å². The minimum atomic E-state index is -0.0125. The van der Waals surface area contributed by atoms with E-state index >= 15 is 0 Å². The summed E-state index contributed by atoms with van der Waals surface area (Å²) in [6.07, 6.45) is 6.77. The molecule has 3 rings (SSSR count). The number of carbonyl (C=O) groups excluding carboxylic acids is 1. The SMILES string of the molecule is COc1cccc(NC(=O)N2CCN(C3CCCCC3)CC2)c1. The second-order valence-corrected chi connectivity index (χ2v) is 6.48. The third-order valence-corrected chi connectivity index (χ3v) is 5.01. The van der Waals surface area contributed by atoms with E-state index in [-0.39, 0.29) is 6.03 Å². The summed E-state index contributed by atoms with van der Waals surface area (Å²) in [5.74, 6) is 0.755. The van der Waals surface area contributed by atoms with Gasteiger partial charge in [0.25, 0.3) is 0 Å². The van der Waals surface area contributed by atoms with Gasteiger partial charge in [-0.05, 0) is 25.0 Å². The molecule has 0 spiro atoms. The van der Waals surface area contributed by atoms with Gasteiger partial charge in [0.15, 0.2) is 0 Å². The molecule has 126 valence electrons. The Morgan fingerprint density at radius 2 is 1.87 bits per heavy atom. The van der Waals surface area contributed by atoms with Gasteiger partial charge in [0.2, 0.25) is 0 Å². The van der Waals surface area contributed by atoms with Crippen LogP contribution >= 0.6 is 0 Å². The Labute approximate surface area is 138 Å². The van der Waals surface area contributed by atoms with Crippen molar-refractivity contribution >= 4 is 11.7 Å². The van der Waals surface area contributed by atoms with Gasteiger partial charge >= 0.3 is 6.03 Å². The Bertz CT molecular complexity index is 521. The molecule has 0 radical (unpaired) electrons. The number of anilines is 1. The summed E-state index contributed by atoms with van der Waals surface area (Å²) in [4.78, 5) is 16.9. The molecule has 2 aliphatic rings. The molecule has 1 N–H and O–H groups in total. The van der Waals surface area contributed by atoms with Gasteiger partial charge in [-0.25, -0.2) is 4.79 Å². The molecule has 1 aromatic carbocycles. The summed E-state index contributed by atoms with van der Waals surface area (Å²) in [6.45, 7) is 3.62. The van der Waals surface area contributed by atoms with Crippen molar-refractivity contribution in [2.24, 2.45) is 0 Å². The van der Waals surface area contributed by atoms with Crippen molar-refractivity contribution in [2.45, 2.75) is 38.1 Å². The lowest BCUT2D eigenvalue weighted by atomic mass is 9.94. The predicted octanol–water partition coefficient (Wildman–Crippen LogP) is 3.18. The molecule has 1 saturated carbocycles. The number of amides is 2. The number of carbonyl (C=O) groups is 1. The van der Waals surface area contributed by atoms with Gasteiger partial charge in [-0.15, -0.1) is 0 Å². The van der Waals surface area contributed by atoms with Crippen LogP contribution in [0.5, 0.6) is 5.75 Å². The lowest BCUT2D eigenvalue weighted by Crippen LogP contribution is -2.53. The number of rotatable bonds is 3. The van der Waals surface area contributed by atoms with Crippen LogP contribution in [-0.2, 0) is 0 Å². The number of hydrogen-bond acceptors (Lipinski definition) is 3. The Morgan fingerprint density at radius 3 is 2.57 bits per heavy atom. The first-order valence-corrected chi connectivity index (χ1v) is 8.70. The summed E-state index contributed by atoms with van der Waals surface area (Å²) in [6, 6.07) is 8.22. The lowest BCUT2D eigenvalue weighted by molar-refractivity contribution is 0.0943. The molecule has 2 fully saturated rings. The summed E-state index contributed by atoms with van der Waals surface area (Å²) in [5, 5.41) is 2.97. The zero-order valence-electron chi connectivity index (χ0n) is 14.0. The minimum Gasteiger partial charge on any atom is -0.497 e. The number of nitrogens with one attached hydrogen (secondary N) is 1. The van der Waals surface area contributed by atoms with Crippen molar-refractivity contribution in [3.63, 3.8) is 0 Å². The molecule has 23 heavy (non-hydrogen) atoms. The highest BCUT2D eigenvalue weighted by Crippen LogP contribution is 2.24. The van der Waals surface area contributed by atoms with E-state index in [1.807, 2.05) is 29.2 Å². The largest absolute Gasteiger partial charge is 0.497 e. The van der Waals surface area contributed by atoms with E-state index in [2.05, 4.69) is 10.2 Å². The first-order valence-electron chi connectivity index (χ1n) is 8.70. The number of methoxy groups -OCH3 is 1. The molecule has 2 amide bonds. The minimum absolute atomic E-state index is 0.0125. The maximum Gasteiger partial charge on any atom is 0.321 e. The molecule has 5 heteroatoms. The maximum absolute atomic E-state index is 12.4. The van der Waals surface area contributed by atoms with E-state index < -0.39 is 0 Å². The molecule has 0 unspecified atom stereocenters. The van der Waals surface area contributed by atoms with Crippen molar-refractivity contribution in [3.8, 4) is 5.75 Å². The fraction of sp³-hybridized carbons (Fsp3) is 0.611. The standard InChI is InChI=1S/C18H27N3O2/c1-23-17-9-5-6-15(14-17)19-18(22)21-12-10-20(11-13-21)16-7-3-2-4-8-16/h5-6,9,14,16H,2-4,7-8,10-13H2,1H3,(H,19,22). The van der Waals surface area contributed by atoms with Gasteiger partial charge in [0, 0.05) is 44.0 Å². The molecule has 1 aromatic rings. The summed E-state index contributed by atoms with van der Waals surface area (Å²) in [5.41, 5.74) is 0.782. The number of urea groups is 1. The van der Waals surface area contributed by atoms with Crippen molar-refractivity contribution in [3.05, 3.63) is 24.3 Å². The smallest absolute Gasteiger partial charge is 0.321 e. The third kappa shape index (κ3) is 4.16. The van der Waals surface area contributed by atoms with E-state index in [0.29, 0.717) is 0 Å². The molecule has 1 aliphatic heterocycles. The van der Waals surface area contributed by atoms with E-state index in [1.165, 1.54) is 32.1 Å². The predicted molar refractivity (Wildman–Crippen MR) is 92.0 cm³/mol. The van der Waals surface area contributed by atoms with E-state index in [0.717, 1.165) is 43.7 Å². The molecule has 5 nitrogen and oxygen atoms in total. The van der Waals surface area contributed by atoms with Gasteiger partial charge in [-0.1, -0.05) is 25.3 Å². The summed E-state index contributed by atoms with van der Waals surface area (Å²) in [7, 11) is 1.63. The average molecular weight is 317 g/mol. The Balaban J connectivity index is 1.49. The van der Waals surface area contributed by atoms with Crippen molar-refractivity contribution in [2.75, 3.05) is 38.6 Å². The van der Waals surface area contributed by atoms with Crippen molar-refractivity contribution in [1.82, 2.24) is 9.80 Å². The first-order chi connectivity index (χ1) is 11.3. The van der Waals surface area contributed by atoms with Gasteiger partial charge in [0.05, 0.1) is 7.11 Å². The number of benzene rings is 1. The normalized spacial score (nSPS) is 20.3. The van der Waals surface area contributed by atoms with E-state index in [9.17, 15) is 4.79 Å². The van der Waals surface area contributed by atoms with Gasteiger partial charge < -0.3 is 15.0 Å². The number of piperazine rings is 1. The molecular weight excluding hydrogens is 290 g/mol. The number of nitrogens with zero attached hydrogens (tertiary/aromatic N) is 2. The second kappa shape index (κ2) is 7.68. The second-order valence-electron chi connectivity index (χ2n) is 6.48. The lowest BCUT2D eigenvalue weighted by Gasteiger charge is -2.40.